The Balaban J connectivity index is 3.35. The molecule has 0 amide bonds. The van der Waals surface area contributed by atoms with E-state index in [1.54, 1.807) is 0 Å². The summed E-state index contributed by atoms with van der Waals surface area (Å²) in [5.41, 5.74) is 4.98. The van der Waals surface area contributed by atoms with Gasteiger partial charge in [0.15, 0.2) is 5.78 Å². The minimum atomic E-state index is -0.948. The number of carbonyl (C=O) groups is 2. The number of Topliss-reactive ketones (excluding diaryl/α,β-unsaturated/α-hetero) is 1. The Hall–Kier alpha value is -0.940. The van der Waals surface area contributed by atoms with Crippen molar-refractivity contribution in [3.05, 3.63) is 0 Å². The van der Waals surface area contributed by atoms with Crippen LogP contribution in [0.5, 0.6) is 0 Å². The maximum absolute atomic E-state index is 10.6. The molecule has 0 aliphatic carbocycles. The third-order valence-electron chi connectivity index (χ3n) is 1.52. The summed E-state index contributed by atoms with van der Waals surface area (Å²) in [6.45, 7) is 1.37. The van der Waals surface area contributed by atoms with Gasteiger partial charge in [-0.2, -0.15) is 0 Å². The number of aliphatic hydroxyl groups excluding tert-OH is 1. The highest BCUT2D eigenvalue weighted by atomic mass is 16.5. The van der Waals surface area contributed by atoms with E-state index < -0.39 is 12.1 Å². The van der Waals surface area contributed by atoms with Crippen molar-refractivity contribution in [2.24, 2.45) is 5.73 Å². The molecule has 0 saturated carbocycles. The monoisotopic (exact) mass is 189 g/mol. The lowest BCUT2D eigenvalue weighted by atomic mass is 10.1. The molecular weight excluding hydrogens is 174 g/mol. The normalized spacial score (nSPS) is 12.2. The second-order valence-corrected chi connectivity index (χ2v) is 2.69. The van der Waals surface area contributed by atoms with E-state index in [0.717, 1.165) is 0 Å². The maximum Gasteiger partial charge on any atom is 0.319 e. The minimum absolute atomic E-state index is 0.144. The fourth-order valence-electron chi connectivity index (χ4n) is 0.725. The van der Waals surface area contributed by atoms with E-state index in [-0.39, 0.29) is 18.9 Å². The molecule has 0 saturated heterocycles. The predicted molar refractivity (Wildman–Crippen MR) is 45.9 cm³/mol. The van der Waals surface area contributed by atoms with Crippen LogP contribution in [0.15, 0.2) is 0 Å². The van der Waals surface area contributed by atoms with Gasteiger partial charge in [0.25, 0.3) is 0 Å². The van der Waals surface area contributed by atoms with Crippen LogP contribution in [0.1, 0.15) is 19.8 Å². The first-order valence-corrected chi connectivity index (χ1v) is 4.12. The Morgan fingerprint density at radius 2 is 2.15 bits per heavy atom. The number of carbonyl (C=O) groups excluding carboxylic acids is 2. The molecule has 0 bridgehead atoms. The lowest BCUT2D eigenvalue weighted by molar-refractivity contribution is -0.142. The van der Waals surface area contributed by atoms with Gasteiger partial charge in [0.2, 0.25) is 0 Å². The molecule has 13 heavy (non-hydrogen) atoms. The van der Waals surface area contributed by atoms with Crippen LogP contribution >= 0.6 is 0 Å². The topological polar surface area (TPSA) is 89.6 Å². The molecule has 5 nitrogen and oxygen atoms in total. The molecule has 1 unspecified atom stereocenters. The van der Waals surface area contributed by atoms with Crippen LogP contribution in [0.3, 0.4) is 0 Å². The summed E-state index contributed by atoms with van der Waals surface area (Å²) in [5, 5.41) is 9.03. The molecule has 0 spiro atoms. The Morgan fingerprint density at radius 1 is 1.54 bits per heavy atom. The second kappa shape index (κ2) is 6.56. The van der Waals surface area contributed by atoms with Crippen LogP contribution in [-0.2, 0) is 14.3 Å². The molecule has 0 aromatic rings. The number of aliphatic hydroxyl groups is 1. The van der Waals surface area contributed by atoms with E-state index in [2.05, 4.69) is 4.74 Å². The highest BCUT2D eigenvalue weighted by molar-refractivity contribution is 5.80. The molecule has 0 heterocycles. The third-order valence-corrected chi connectivity index (χ3v) is 1.52. The number of hydrogen-bond acceptors (Lipinski definition) is 5. The summed E-state index contributed by atoms with van der Waals surface area (Å²) in [6, 6.07) is 0. The molecular formula is C8H15NO4. The summed E-state index contributed by atoms with van der Waals surface area (Å²) < 4.78 is 4.63. The molecule has 0 rings (SSSR count). The highest BCUT2D eigenvalue weighted by Gasteiger charge is 2.08. The molecule has 5 heteroatoms. The SMILES string of the molecule is CC(=O)C(O)CCCOC(=O)CN. The van der Waals surface area contributed by atoms with Gasteiger partial charge >= 0.3 is 5.97 Å². The third kappa shape index (κ3) is 6.24. The van der Waals surface area contributed by atoms with Gasteiger partial charge in [0.1, 0.15) is 6.10 Å². The number of nitrogens with two attached hydrogens (primary N) is 1. The second-order valence-electron chi connectivity index (χ2n) is 2.69. The van der Waals surface area contributed by atoms with Crippen molar-refractivity contribution in [1.82, 2.24) is 0 Å². The van der Waals surface area contributed by atoms with Crippen LogP contribution in [0, 0.1) is 0 Å². The van der Waals surface area contributed by atoms with Gasteiger partial charge in [-0.3, -0.25) is 9.59 Å². The minimum Gasteiger partial charge on any atom is -0.465 e. The van der Waals surface area contributed by atoms with Crippen molar-refractivity contribution in [2.45, 2.75) is 25.9 Å². The van der Waals surface area contributed by atoms with Gasteiger partial charge in [-0.1, -0.05) is 0 Å². The summed E-state index contributed by atoms with van der Waals surface area (Å²) in [4.78, 5) is 21.1. The van der Waals surface area contributed by atoms with Crippen molar-refractivity contribution in [1.29, 1.82) is 0 Å². The number of hydrogen-bond donors (Lipinski definition) is 2. The maximum atomic E-state index is 10.6. The molecule has 0 aromatic heterocycles. The lowest BCUT2D eigenvalue weighted by Gasteiger charge is -2.06. The molecule has 3 N–H and O–H groups in total. The fraction of sp³-hybridized carbons (Fsp3) is 0.750. The zero-order chi connectivity index (χ0) is 10.3. The Morgan fingerprint density at radius 3 is 2.62 bits per heavy atom. The van der Waals surface area contributed by atoms with Gasteiger partial charge in [0, 0.05) is 0 Å². The van der Waals surface area contributed by atoms with E-state index >= 15 is 0 Å². The fourth-order valence-corrected chi connectivity index (χ4v) is 0.725. The average molecular weight is 189 g/mol. The van der Waals surface area contributed by atoms with Crippen LogP contribution < -0.4 is 5.73 Å². The lowest BCUT2D eigenvalue weighted by Crippen LogP contribution is -2.20. The largest absolute Gasteiger partial charge is 0.465 e. The number of esters is 1. The Labute approximate surface area is 76.9 Å². The quantitative estimate of drug-likeness (QED) is 0.422. The number of rotatable bonds is 6. The van der Waals surface area contributed by atoms with Crippen molar-refractivity contribution in [3.8, 4) is 0 Å². The summed E-state index contributed by atoms with van der Waals surface area (Å²) >= 11 is 0. The first kappa shape index (κ1) is 12.1. The van der Waals surface area contributed by atoms with E-state index in [4.69, 9.17) is 10.8 Å². The zero-order valence-corrected chi connectivity index (χ0v) is 7.66. The highest BCUT2D eigenvalue weighted by Crippen LogP contribution is 1.98. The zero-order valence-electron chi connectivity index (χ0n) is 7.66. The summed E-state index contributed by atoms with van der Waals surface area (Å²) in [5.74, 6) is -0.748. The van der Waals surface area contributed by atoms with Gasteiger partial charge < -0.3 is 15.6 Å². The first-order valence-electron chi connectivity index (χ1n) is 4.12. The van der Waals surface area contributed by atoms with Crippen molar-refractivity contribution < 1.29 is 19.4 Å². The van der Waals surface area contributed by atoms with Gasteiger partial charge in [-0.25, -0.2) is 0 Å². The number of ketones is 1. The van der Waals surface area contributed by atoms with E-state index in [9.17, 15) is 9.59 Å². The molecule has 76 valence electrons. The molecule has 0 aromatic carbocycles. The van der Waals surface area contributed by atoms with E-state index in [1.165, 1.54) is 6.92 Å². The standard InChI is InChI=1S/C8H15NO4/c1-6(10)7(11)3-2-4-13-8(12)5-9/h7,11H,2-5,9H2,1H3. The molecule has 0 fully saturated rings. The Bertz CT molecular complexity index is 181. The summed E-state index contributed by atoms with van der Waals surface area (Å²) in [6.07, 6.45) is -0.170. The first-order chi connectivity index (χ1) is 6.07. The number of ether oxygens (including phenoxy) is 1. The molecule has 0 aliphatic rings. The molecule has 0 aliphatic heterocycles. The van der Waals surface area contributed by atoms with Crippen LogP contribution in [0.25, 0.3) is 0 Å². The smallest absolute Gasteiger partial charge is 0.319 e. The van der Waals surface area contributed by atoms with Crippen molar-refractivity contribution in [2.75, 3.05) is 13.2 Å². The van der Waals surface area contributed by atoms with Gasteiger partial charge in [-0.15, -0.1) is 0 Å². The van der Waals surface area contributed by atoms with Crippen molar-refractivity contribution in [3.63, 3.8) is 0 Å². The molecule has 0 radical (unpaired) electrons. The summed E-state index contributed by atoms with van der Waals surface area (Å²) in [7, 11) is 0. The van der Waals surface area contributed by atoms with Crippen molar-refractivity contribution >= 4 is 11.8 Å². The van der Waals surface area contributed by atoms with Crippen LogP contribution in [0.4, 0.5) is 0 Å². The van der Waals surface area contributed by atoms with E-state index in [0.29, 0.717) is 12.8 Å². The molecule has 1 atom stereocenters. The predicted octanol–water partition coefficient (Wildman–Crippen LogP) is -0.782. The van der Waals surface area contributed by atoms with E-state index in [1.807, 2.05) is 0 Å². The van der Waals surface area contributed by atoms with Crippen LogP contribution in [-0.4, -0.2) is 36.1 Å². The Kier molecular flexibility index (Phi) is 6.09. The van der Waals surface area contributed by atoms with Crippen LogP contribution in [0.2, 0.25) is 0 Å². The average Bonchev–Trinajstić information content (AvgIpc) is 2.11. The van der Waals surface area contributed by atoms with Gasteiger partial charge in [-0.05, 0) is 19.8 Å². The van der Waals surface area contributed by atoms with Gasteiger partial charge in [0.05, 0.1) is 13.2 Å².